The highest BCUT2D eigenvalue weighted by Gasteiger charge is 2.20. The lowest BCUT2D eigenvalue weighted by atomic mass is 10.2. The van der Waals surface area contributed by atoms with Gasteiger partial charge in [-0.3, -0.25) is 4.79 Å². The Labute approximate surface area is 147 Å². The molecule has 0 aliphatic heterocycles. The van der Waals surface area contributed by atoms with Crippen LogP contribution >= 0.6 is 34.8 Å². The van der Waals surface area contributed by atoms with E-state index < -0.39 is 18.0 Å². The number of esters is 1. The van der Waals surface area contributed by atoms with E-state index in [9.17, 15) is 9.59 Å². The van der Waals surface area contributed by atoms with Crippen molar-refractivity contribution in [1.82, 2.24) is 4.98 Å². The molecule has 8 heteroatoms. The van der Waals surface area contributed by atoms with E-state index in [4.69, 9.17) is 39.5 Å². The fourth-order valence-corrected chi connectivity index (χ4v) is 2.06. The Morgan fingerprint density at radius 1 is 1.17 bits per heavy atom. The van der Waals surface area contributed by atoms with Crippen LogP contribution < -0.4 is 5.32 Å². The number of hydrogen-bond acceptors (Lipinski definition) is 4. The van der Waals surface area contributed by atoms with Gasteiger partial charge in [-0.1, -0.05) is 46.9 Å². The molecule has 1 aromatic carbocycles. The second-order valence-electron chi connectivity index (χ2n) is 4.51. The Morgan fingerprint density at radius 3 is 2.52 bits per heavy atom. The molecule has 120 valence electrons. The van der Waals surface area contributed by atoms with Gasteiger partial charge in [0.25, 0.3) is 5.91 Å². The summed E-state index contributed by atoms with van der Waals surface area (Å²) >= 11 is 17.4. The SMILES string of the molecule is CC(OC(=O)c1cnc(Cl)c(Cl)c1)C(=O)Nc1ccccc1Cl. The second-order valence-corrected chi connectivity index (χ2v) is 5.69. The van der Waals surface area contributed by atoms with Crippen LogP contribution in [0.5, 0.6) is 0 Å². The van der Waals surface area contributed by atoms with Crippen molar-refractivity contribution in [3.8, 4) is 0 Å². The highest BCUT2D eigenvalue weighted by atomic mass is 35.5. The molecule has 2 rings (SSSR count). The quantitative estimate of drug-likeness (QED) is 0.643. The summed E-state index contributed by atoms with van der Waals surface area (Å²) in [5.41, 5.74) is 0.523. The van der Waals surface area contributed by atoms with Crippen LogP contribution in [0.3, 0.4) is 0 Å². The topological polar surface area (TPSA) is 68.3 Å². The smallest absolute Gasteiger partial charge is 0.340 e. The standard InChI is InChI=1S/C15H11Cl3N2O3/c1-8(14(21)20-12-5-3-2-4-10(12)16)23-15(22)9-6-11(17)13(18)19-7-9/h2-8H,1H3,(H,20,21). The van der Waals surface area contributed by atoms with Crippen LogP contribution in [-0.4, -0.2) is 23.0 Å². The Bertz CT molecular complexity index is 752. The number of carbonyl (C=O) groups is 2. The van der Waals surface area contributed by atoms with E-state index in [-0.39, 0.29) is 15.7 Å². The van der Waals surface area contributed by atoms with Crippen molar-refractivity contribution in [3.05, 3.63) is 57.3 Å². The van der Waals surface area contributed by atoms with Crippen LogP contribution in [0.2, 0.25) is 15.2 Å². The molecular weight excluding hydrogens is 363 g/mol. The van der Waals surface area contributed by atoms with E-state index in [1.165, 1.54) is 19.2 Å². The van der Waals surface area contributed by atoms with Crippen LogP contribution in [0.1, 0.15) is 17.3 Å². The number of pyridine rings is 1. The van der Waals surface area contributed by atoms with Crippen molar-refractivity contribution < 1.29 is 14.3 Å². The maximum Gasteiger partial charge on any atom is 0.340 e. The molecule has 1 heterocycles. The predicted octanol–water partition coefficient (Wildman–Crippen LogP) is 4.23. The zero-order chi connectivity index (χ0) is 17.0. The number of aromatic nitrogens is 1. The molecule has 1 aromatic heterocycles. The molecule has 1 unspecified atom stereocenters. The van der Waals surface area contributed by atoms with E-state index in [0.717, 1.165) is 0 Å². The van der Waals surface area contributed by atoms with E-state index in [1.54, 1.807) is 24.3 Å². The number of nitrogens with zero attached hydrogens (tertiary/aromatic N) is 1. The van der Waals surface area contributed by atoms with Gasteiger partial charge < -0.3 is 10.1 Å². The summed E-state index contributed by atoms with van der Waals surface area (Å²) in [6, 6.07) is 8.04. The molecular formula is C15H11Cl3N2O3. The molecule has 5 nitrogen and oxygen atoms in total. The fraction of sp³-hybridized carbons (Fsp3) is 0.133. The normalized spacial score (nSPS) is 11.7. The molecule has 2 aromatic rings. The highest BCUT2D eigenvalue weighted by molar-refractivity contribution is 6.41. The van der Waals surface area contributed by atoms with Crippen molar-refractivity contribution in [3.63, 3.8) is 0 Å². The molecule has 0 aliphatic rings. The summed E-state index contributed by atoms with van der Waals surface area (Å²) in [5.74, 6) is -1.25. The summed E-state index contributed by atoms with van der Waals surface area (Å²) in [5, 5.41) is 3.16. The Hall–Kier alpha value is -1.82. The van der Waals surface area contributed by atoms with E-state index >= 15 is 0 Å². The number of carbonyl (C=O) groups excluding carboxylic acids is 2. The van der Waals surface area contributed by atoms with Gasteiger partial charge >= 0.3 is 5.97 Å². The van der Waals surface area contributed by atoms with Crippen molar-refractivity contribution in [2.75, 3.05) is 5.32 Å². The van der Waals surface area contributed by atoms with E-state index in [0.29, 0.717) is 10.7 Å². The number of halogens is 3. The van der Waals surface area contributed by atoms with Gasteiger partial charge in [-0.25, -0.2) is 9.78 Å². The maximum atomic E-state index is 12.0. The molecule has 0 fully saturated rings. The summed E-state index contributed by atoms with van der Waals surface area (Å²) in [6.07, 6.45) is 0.183. The number of ether oxygens (including phenoxy) is 1. The first-order valence-electron chi connectivity index (χ1n) is 6.46. The zero-order valence-electron chi connectivity index (χ0n) is 11.8. The van der Waals surface area contributed by atoms with Crippen LogP contribution in [0.25, 0.3) is 0 Å². The van der Waals surface area contributed by atoms with Crippen LogP contribution in [0, 0.1) is 0 Å². The minimum Gasteiger partial charge on any atom is -0.449 e. The first-order valence-corrected chi connectivity index (χ1v) is 7.59. The summed E-state index contributed by atoms with van der Waals surface area (Å²) in [6.45, 7) is 1.44. The monoisotopic (exact) mass is 372 g/mol. The van der Waals surface area contributed by atoms with Gasteiger partial charge in [-0.2, -0.15) is 0 Å². The third-order valence-electron chi connectivity index (χ3n) is 2.82. The third kappa shape index (κ3) is 4.58. The Kier molecular flexibility index (Phi) is 5.82. The lowest BCUT2D eigenvalue weighted by molar-refractivity contribution is -0.123. The zero-order valence-corrected chi connectivity index (χ0v) is 14.1. The lowest BCUT2D eigenvalue weighted by Crippen LogP contribution is -2.30. The number of benzene rings is 1. The summed E-state index contributed by atoms with van der Waals surface area (Å²) < 4.78 is 5.07. The number of anilines is 1. The fourth-order valence-electron chi connectivity index (χ4n) is 1.61. The van der Waals surface area contributed by atoms with Crippen LogP contribution in [0.15, 0.2) is 36.5 Å². The van der Waals surface area contributed by atoms with Crippen molar-refractivity contribution in [2.45, 2.75) is 13.0 Å². The van der Waals surface area contributed by atoms with E-state index in [1.807, 2.05) is 0 Å². The molecule has 1 atom stereocenters. The van der Waals surface area contributed by atoms with Crippen molar-refractivity contribution in [2.24, 2.45) is 0 Å². The minimum atomic E-state index is -1.03. The molecule has 0 aliphatic carbocycles. The molecule has 0 spiro atoms. The van der Waals surface area contributed by atoms with Gasteiger partial charge in [0.05, 0.1) is 21.3 Å². The van der Waals surface area contributed by atoms with Gasteiger partial charge in [0.1, 0.15) is 5.15 Å². The number of amides is 1. The molecule has 0 saturated carbocycles. The van der Waals surface area contributed by atoms with Gasteiger partial charge in [-0.05, 0) is 25.1 Å². The number of hydrogen-bond donors (Lipinski definition) is 1. The first-order chi connectivity index (χ1) is 10.9. The summed E-state index contributed by atoms with van der Waals surface area (Å²) in [7, 11) is 0. The van der Waals surface area contributed by atoms with Gasteiger partial charge in [0.15, 0.2) is 6.10 Å². The van der Waals surface area contributed by atoms with Gasteiger partial charge in [0, 0.05) is 6.20 Å². The van der Waals surface area contributed by atoms with Crippen molar-refractivity contribution >= 4 is 52.4 Å². The van der Waals surface area contributed by atoms with Crippen LogP contribution in [0.4, 0.5) is 5.69 Å². The number of para-hydroxylation sites is 1. The largest absolute Gasteiger partial charge is 0.449 e. The lowest BCUT2D eigenvalue weighted by Gasteiger charge is -2.14. The average Bonchev–Trinajstić information content (AvgIpc) is 2.52. The number of nitrogens with one attached hydrogen (secondary N) is 1. The Balaban J connectivity index is 2.01. The Morgan fingerprint density at radius 2 is 1.87 bits per heavy atom. The third-order valence-corrected chi connectivity index (χ3v) is 3.83. The average molecular weight is 374 g/mol. The van der Waals surface area contributed by atoms with E-state index in [2.05, 4.69) is 10.3 Å². The van der Waals surface area contributed by atoms with Gasteiger partial charge in [-0.15, -0.1) is 0 Å². The highest BCUT2D eigenvalue weighted by Crippen LogP contribution is 2.22. The predicted molar refractivity (Wildman–Crippen MR) is 89.2 cm³/mol. The second kappa shape index (κ2) is 7.64. The number of rotatable bonds is 4. The minimum absolute atomic E-state index is 0.0766. The first kappa shape index (κ1) is 17.5. The van der Waals surface area contributed by atoms with Gasteiger partial charge in [0.2, 0.25) is 0 Å². The van der Waals surface area contributed by atoms with Crippen LogP contribution in [-0.2, 0) is 9.53 Å². The molecule has 0 radical (unpaired) electrons. The molecule has 0 saturated heterocycles. The molecule has 0 bridgehead atoms. The van der Waals surface area contributed by atoms with Crippen molar-refractivity contribution in [1.29, 1.82) is 0 Å². The molecule has 1 N–H and O–H groups in total. The molecule has 1 amide bonds. The maximum absolute atomic E-state index is 12.0. The molecule has 23 heavy (non-hydrogen) atoms. The summed E-state index contributed by atoms with van der Waals surface area (Å²) in [4.78, 5) is 27.8.